The third-order valence-corrected chi connectivity index (χ3v) is 3.25. The van der Waals surface area contributed by atoms with Gasteiger partial charge < -0.3 is 4.98 Å². The van der Waals surface area contributed by atoms with E-state index in [9.17, 15) is 9.59 Å². The Morgan fingerprint density at radius 3 is 2.67 bits per heavy atom. The summed E-state index contributed by atoms with van der Waals surface area (Å²) in [6.45, 7) is 2.31. The molecule has 0 saturated carbocycles. The minimum atomic E-state index is -0.420. The van der Waals surface area contributed by atoms with Gasteiger partial charge in [0.15, 0.2) is 5.65 Å². The van der Waals surface area contributed by atoms with Gasteiger partial charge in [-0.05, 0) is 24.1 Å². The monoisotopic (exact) mass is 285 g/mol. The number of nitrogens with one attached hydrogen (secondary N) is 2. The van der Waals surface area contributed by atoms with Crippen molar-refractivity contribution in [3.63, 3.8) is 0 Å². The number of nitrogens with zero attached hydrogens (tertiary/aromatic N) is 3. The third kappa shape index (κ3) is 2.49. The van der Waals surface area contributed by atoms with E-state index in [-0.39, 0.29) is 5.56 Å². The van der Waals surface area contributed by atoms with E-state index in [2.05, 4.69) is 19.9 Å². The van der Waals surface area contributed by atoms with Crippen LogP contribution in [0, 0.1) is 0 Å². The predicted molar refractivity (Wildman–Crippen MR) is 78.3 cm³/mol. The van der Waals surface area contributed by atoms with Crippen molar-refractivity contribution in [2.24, 2.45) is 0 Å². The molecule has 7 nitrogen and oxygen atoms in total. The lowest BCUT2D eigenvalue weighted by molar-refractivity contribution is 0.622. The first-order valence-electron chi connectivity index (χ1n) is 6.79. The van der Waals surface area contributed by atoms with Crippen LogP contribution in [0.4, 0.5) is 0 Å². The van der Waals surface area contributed by atoms with Gasteiger partial charge in [-0.3, -0.25) is 19.3 Å². The number of imidazole rings is 1. The Bertz CT molecular complexity index is 876. The Kier molecular flexibility index (Phi) is 3.39. The Hall–Kier alpha value is -2.70. The molecule has 0 aliphatic heterocycles. The summed E-state index contributed by atoms with van der Waals surface area (Å²) in [6, 6.07) is 3.76. The van der Waals surface area contributed by atoms with E-state index in [0.717, 1.165) is 5.56 Å². The smallest absolute Gasteiger partial charge is 0.330 e. The van der Waals surface area contributed by atoms with Crippen molar-refractivity contribution in [1.82, 2.24) is 24.5 Å². The molecule has 0 fully saturated rings. The van der Waals surface area contributed by atoms with Crippen molar-refractivity contribution < 1.29 is 0 Å². The predicted octanol–water partition coefficient (Wildman–Crippen LogP) is 0.809. The van der Waals surface area contributed by atoms with Crippen LogP contribution in [-0.2, 0) is 13.0 Å². The molecule has 108 valence electrons. The number of hydrogen-bond acceptors (Lipinski definition) is 4. The summed E-state index contributed by atoms with van der Waals surface area (Å²) in [5.74, 6) is 0.637. The molecule has 7 heteroatoms. The summed E-state index contributed by atoms with van der Waals surface area (Å²) in [7, 11) is 0. The van der Waals surface area contributed by atoms with Gasteiger partial charge in [0.25, 0.3) is 5.56 Å². The second-order valence-corrected chi connectivity index (χ2v) is 4.83. The van der Waals surface area contributed by atoms with E-state index in [1.165, 1.54) is 4.57 Å². The van der Waals surface area contributed by atoms with Crippen LogP contribution in [-0.4, -0.2) is 24.5 Å². The van der Waals surface area contributed by atoms with Crippen LogP contribution < -0.4 is 11.2 Å². The van der Waals surface area contributed by atoms with Crippen molar-refractivity contribution in [3.8, 4) is 0 Å². The fourth-order valence-electron chi connectivity index (χ4n) is 2.27. The number of hydrogen-bond donors (Lipinski definition) is 2. The number of aromatic nitrogens is 5. The zero-order valence-corrected chi connectivity index (χ0v) is 11.6. The lowest BCUT2D eigenvalue weighted by Crippen LogP contribution is -2.34. The molecule has 0 unspecified atom stereocenters. The molecule has 0 aliphatic carbocycles. The van der Waals surface area contributed by atoms with E-state index in [4.69, 9.17) is 0 Å². The van der Waals surface area contributed by atoms with Crippen LogP contribution in [0.5, 0.6) is 0 Å². The summed E-state index contributed by atoms with van der Waals surface area (Å²) in [6.07, 6.45) is 4.67. The molecule has 0 bridgehead atoms. The highest BCUT2D eigenvalue weighted by atomic mass is 16.2. The van der Waals surface area contributed by atoms with Gasteiger partial charge in [0.2, 0.25) is 0 Å². The Labute approximate surface area is 119 Å². The summed E-state index contributed by atoms with van der Waals surface area (Å²) in [4.78, 5) is 38.0. The van der Waals surface area contributed by atoms with E-state index in [1.807, 2.05) is 19.1 Å². The molecule has 0 radical (unpaired) electrons. The zero-order chi connectivity index (χ0) is 14.8. The quantitative estimate of drug-likeness (QED) is 0.741. The summed E-state index contributed by atoms with van der Waals surface area (Å²) in [5, 5.41) is 0. The highest BCUT2D eigenvalue weighted by molar-refractivity contribution is 5.68. The molecule has 3 heterocycles. The molecule has 3 rings (SSSR count). The van der Waals surface area contributed by atoms with Crippen molar-refractivity contribution in [3.05, 3.63) is 56.8 Å². The summed E-state index contributed by atoms with van der Waals surface area (Å²) < 4.78 is 1.19. The fraction of sp³-hybridized carbons (Fsp3) is 0.286. The van der Waals surface area contributed by atoms with Crippen molar-refractivity contribution in [1.29, 1.82) is 0 Å². The molecular weight excluding hydrogens is 270 g/mol. The SMILES string of the molecule is CCCn1c(=O)[nH]c2nc(Cc3ccncc3)[nH]c2c1=O. The van der Waals surface area contributed by atoms with Gasteiger partial charge in [0.1, 0.15) is 11.3 Å². The lowest BCUT2D eigenvalue weighted by atomic mass is 10.2. The molecule has 0 spiro atoms. The summed E-state index contributed by atoms with van der Waals surface area (Å²) >= 11 is 0. The van der Waals surface area contributed by atoms with Gasteiger partial charge >= 0.3 is 5.69 Å². The zero-order valence-electron chi connectivity index (χ0n) is 11.6. The van der Waals surface area contributed by atoms with Crippen LogP contribution in [0.25, 0.3) is 11.2 Å². The molecule has 0 aromatic carbocycles. The van der Waals surface area contributed by atoms with Crippen molar-refractivity contribution >= 4 is 11.2 Å². The molecule has 0 amide bonds. The van der Waals surface area contributed by atoms with Crippen LogP contribution >= 0.6 is 0 Å². The first-order chi connectivity index (χ1) is 10.2. The van der Waals surface area contributed by atoms with Crippen molar-refractivity contribution in [2.75, 3.05) is 0 Å². The highest BCUT2D eigenvalue weighted by Gasteiger charge is 2.11. The van der Waals surface area contributed by atoms with Gasteiger partial charge in [0, 0.05) is 25.4 Å². The number of fused-ring (bicyclic) bond motifs is 1. The Balaban J connectivity index is 2.06. The topological polar surface area (TPSA) is 96.4 Å². The largest absolute Gasteiger partial charge is 0.336 e. The van der Waals surface area contributed by atoms with Crippen molar-refractivity contribution in [2.45, 2.75) is 26.3 Å². The maximum atomic E-state index is 12.3. The number of pyridine rings is 1. The van der Waals surface area contributed by atoms with Crippen LogP contribution in [0.2, 0.25) is 0 Å². The summed E-state index contributed by atoms with van der Waals surface area (Å²) in [5.41, 5.74) is 0.925. The molecule has 0 atom stereocenters. The first-order valence-corrected chi connectivity index (χ1v) is 6.79. The van der Waals surface area contributed by atoms with E-state index >= 15 is 0 Å². The second kappa shape index (κ2) is 5.35. The highest BCUT2D eigenvalue weighted by Crippen LogP contribution is 2.08. The molecule has 0 saturated heterocycles. The van der Waals surface area contributed by atoms with Gasteiger partial charge in [-0.1, -0.05) is 6.92 Å². The maximum Gasteiger partial charge on any atom is 0.330 e. The average molecular weight is 285 g/mol. The minimum absolute atomic E-state index is 0.307. The van der Waals surface area contributed by atoms with Crippen LogP contribution in [0.1, 0.15) is 24.7 Å². The van der Waals surface area contributed by atoms with Gasteiger partial charge in [-0.15, -0.1) is 0 Å². The molecule has 3 aromatic heterocycles. The average Bonchev–Trinajstić information content (AvgIpc) is 2.87. The number of aromatic amines is 2. The Morgan fingerprint density at radius 2 is 1.95 bits per heavy atom. The number of rotatable bonds is 4. The first kappa shape index (κ1) is 13.3. The van der Waals surface area contributed by atoms with Crippen LogP contribution in [0.3, 0.4) is 0 Å². The molecule has 21 heavy (non-hydrogen) atoms. The van der Waals surface area contributed by atoms with Gasteiger partial charge in [-0.2, -0.15) is 0 Å². The second-order valence-electron chi connectivity index (χ2n) is 4.83. The number of H-pyrrole nitrogens is 2. The molecule has 0 aliphatic rings. The van der Waals surface area contributed by atoms with Gasteiger partial charge in [-0.25, -0.2) is 9.78 Å². The molecule has 3 aromatic rings. The fourth-order valence-corrected chi connectivity index (χ4v) is 2.27. The lowest BCUT2D eigenvalue weighted by Gasteiger charge is -2.00. The normalized spacial score (nSPS) is 11.1. The third-order valence-electron chi connectivity index (χ3n) is 3.25. The maximum absolute atomic E-state index is 12.3. The van der Waals surface area contributed by atoms with E-state index in [0.29, 0.717) is 36.4 Å². The van der Waals surface area contributed by atoms with E-state index in [1.54, 1.807) is 12.4 Å². The van der Waals surface area contributed by atoms with Crippen LogP contribution in [0.15, 0.2) is 34.1 Å². The molecule has 2 N–H and O–H groups in total. The minimum Gasteiger partial charge on any atom is -0.336 e. The standard InChI is InChI=1S/C14H15N5O2/c1-2-7-19-13(20)11-12(18-14(19)21)17-10(16-11)8-9-3-5-15-6-4-9/h3-6H,2,7-8H2,1H3,(H,16,17)(H,18,21). The molecular formula is C14H15N5O2. The Morgan fingerprint density at radius 1 is 1.19 bits per heavy atom. The van der Waals surface area contributed by atoms with Gasteiger partial charge in [0.05, 0.1) is 0 Å². The van der Waals surface area contributed by atoms with E-state index < -0.39 is 5.69 Å².